The summed E-state index contributed by atoms with van der Waals surface area (Å²) in [5, 5.41) is 2.88. The molecule has 0 heterocycles. The average molecular weight is 468 g/mol. The van der Waals surface area contributed by atoms with E-state index < -0.39 is 18.7 Å². The van der Waals surface area contributed by atoms with Gasteiger partial charge in [-0.25, -0.2) is 4.79 Å². The number of rotatable bonds is 12. The number of carbonyl (C=O) groups is 1. The topological polar surface area (TPSA) is 56.8 Å². The second-order valence-corrected chi connectivity index (χ2v) is 7.81. The van der Waals surface area contributed by atoms with Gasteiger partial charge >= 0.3 is 12.3 Å². The number of alkyl carbamates (subject to hydrolysis) is 1. The number of alkyl halides is 3. The summed E-state index contributed by atoms with van der Waals surface area (Å²) in [4.78, 5) is 12.3. The molecule has 2 rings (SSSR count). The molecule has 0 saturated carbocycles. The molecule has 1 atom stereocenters. The lowest BCUT2D eigenvalue weighted by molar-refractivity contribution is -0.135. The minimum Gasteiger partial charge on any atom is -0.496 e. The van der Waals surface area contributed by atoms with Gasteiger partial charge in [0.1, 0.15) is 18.1 Å². The third kappa shape index (κ3) is 9.24. The normalized spacial score (nSPS) is 12.2. The van der Waals surface area contributed by atoms with Gasteiger partial charge in [0.25, 0.3) is 0 Å². The molecule has 0 aliphatic carbocycles. The van der Waals surface area contributed by atoms with Crippen molar-refractivity contribution in [2.24, 2.45) is 0 Å². The van der Waals surface area contributed by atoms with Gasteiger partial charge in [0.05, 0.1) is 14.2 Å². The number of hydrogen-bond acceptors (Lipinski definition) is 4. The van der Waals surface area contributed by atoms with Crippen molar-refractivity contribution in [2.45, 2.75) is 64.3 Å². The number of benzene rings is 2. The molecule has 33 heavy (non-hydrogen) atoms. The molecule has 0 spiro atoms. The van der Waals surface area contributed by atoms with Crippen molar-refractivity contribution in [1.82, 2.24) is 5.32 Å². The minimum atomic E-state index is -4.14. The number of unbranched alkanes of at least 4 members (excludes halogenated alkanes) is 1. The van der Waals surface area contributed by atoms with Crippen LogP contribution < -0.4 is 14.8 Å². The molecule has 0 saturated heterocycles. The van der Waals surface area contributed by atoms with Crippen LogP contribution in [0.4, 0.5) is 18.0 Å². The first-order chi connectivity index (χ1) is 15.8. The molecule has 2 aromatic rings. The zero-order valence-corrected chi connectivity index (χ0v) is 19.3. The van der Waals surface area contributed by atoms with E-state index in [0.717, 1.165) is 16.7 Å². The number of nitrogens with one attached hydrogen (secondary N) is 1. The van der Waals surface area contributed by atoms with Crippen molar-refractivity contribution in [3.8, 4) is 11.5 Å². The minimum absolute atomic E-state index is 0.0592. The van der Waals surface area contributed by atoms with E-state index in [1.807, 2.05) is 49.4 Å². The molecule has 0 bridgehead atoms. The van der Waals surface area contributed by atoms with Gasteiger partial charge < -0.3 is 19.5 Å². The van der Waals surface area contributed by atoms with E-state index in [1.54, 1.807) is 7.11 Å². The summed E-state index contributed by atoms with van der Waals surface area (Å²) in [6.07, 6.45) is -3.37. The van der Waals surface area contributed by atoms with Gasteiger partial charge in [0, 0.05) is 12.5 Å². The Morgan fingerprint density at radius 2 is 1.64 bits per heavy atom. The highest BCUT2D eigenvalue weighted by atomic mass is 19.4. The van der Waals surface area contributed by atoms with Crippen LogP contribution in [-0.2, 0) is 24.2 Å². The molecule has 8 heteroatoms. The van der Waals surface area contributed by atoms with Crippen LogP contribution in [0.2, 0.25) is 0 Å². The third-order valence-electron chi connectivity index (χ3n) is 5.33. The van der Waals surface area contributed by atoms with E-state index in [-0.39, 0.29) is 19.1 Å². The third-order valence-corrected chi connectivity index (χ3v) is 5.33. The Hall–Kier alpha value is -2.90. The van der Waals surface area contributed by atoms with Crippen LogP contribution in [0.1, 0.15) is 49.3 Å². The summed E-state index contributed by atoms with van der Waals surface area (Å²) in [5.74, 6) is 1.21. The Morgan fingerprint density at radius 1 is 1.00 bits per heavy atom. The predicted octanol–water partition coefficient (Wildman–Crippen LogP) is 6.23. The first-order valence-electron chi connectivity index (χ1n) is 11.0. The van der Waals surface area contributed by atoms with Crippen molar-refractivity contribution in [1.29, 1.82) is 0 Å². The number of halogens is 3. The lowest BCUT2D eigenvalue weighted by Crippen LogP contribution is -2.36. The van der Waals surface area contributed by atoms with Crippen LogP contribution in [0.15, 0.2) is 42.5 Å². The number of ether oxygens (including phenoxy) is 3. The van der Waals surface area contributed by atoms with Crippen molar-refractivity contribution in [3.63, 3.8) is 0 Å². The number of methoxy groups -OCH3 is 2. The van der Waals surface area contributed by atoms with Crippen LogP contribution in [0.3, 0.4) is 0 Å². The quantitative estimate of drug-likeness (QED) is 0.376. The first-order valence-corrected chi connectivity index (χ1v) is 11.0. The lowest BCUT2D eigenvalue weighted by atomic mass is 9.98. The van der Waals surface area contributed by atoms with Crippen molar-refractivity contribution in [2.75, 3.05) is 14.2 Å². The maximum Gasteiger partial charge on any atom is 0.407 e. The fraction of sp³-hybridized carbons (Fsp3) is 0.480. The number of amides is 1. The smallest absolute Gasteiger partial charge is 0.407 e. The van der Waals surface area contributed by atoms with Gasteiger partial charge in [0.15, 0.2) is 0 Å². The number of aryl methyl sites for hydroxylation is 1. The van der Waals surface area contributed by atoms with Crippen LogP contribution >= 0.6 is 0 Å². The molecular formula is C25H32F3NO4. The Balaban J connectivity index is 2.00. The summed E-state index contributed by atoms with van der Waals surface area (Å²) in [7, 11) is 3.07. The molecule has 1 N–H and O–H groups in total. The summed E-state index contributed by atoms with van der Waals surface area (Å²) in [6, 6.07) is 12.9. The lowest BCUT2D eigenvalue weighted by Gasteiger charge is -2.20. The Kier molecular flexibility index (Phi) is 10.4. The molecule has 0 aliphatic rings. The molecule has 0 fully saturated rings. The van der Waals surface area contributed by atoms with Crippen LogP contribution in [0.25, 0.3) is 0 Å². The van der Waals surface area contributed by atoms with E-state index in [0.29, 0.717) is 37.2 Å². The zero-order valence-electron chi connectivity index (χ0n) is 19.3. The molecule has 182 valence electrons. The average Bonchev–Trinajstić information content (AvgIpc) is 2.80. The molecule has 1 amide bonds. The van der Waals surface area contributed by atoms with Gasteiger partial charge in [-0.15, -0.1) is 0 Å². The Labute approximate surface area is 193 Å². The highest BCUT2D eigenvalue weighted by Crippen LogP contribution is 2.32. The maximum atomic E-state index is 12.4. The summed E-state index contributed by atoms with van der Waals surface area (Å²) >= 11 is 0. The Bertz CT molecular complexity index is 872. The molecule has 0 aromatic heterocycles. The summed E-state index contributed by atoms with van der Waals surface area (Å²) in [5.41, 5.74) is 2.53. The monoisotopic (exact) mass is 467 g/mol. The van der Waals surface area contributed by atoms with Crippen LogP contribution in [-0.4, -0.2) is 32.5 Å². The summed E-state index contributed by atoms with van der Waals surface area (Å²) < 4.78 is 53.5. The molecular weight excluding hydrogens is 435 g/mol. The second-order valence-electron chi connectivity index (χ2n) is 7.81. The predicted molar refractivity (Wildman–Crippen MR) is 121 cm³/mol. The number of carbonyl (C=O) groups excluding carboxylic acids is 1. The molecule has 5 nitrogen and oxygen atoms in total. The van der Waals surface area contributed by atoms with Gasteiger partial charge in [-0.05, 0) is 60.9 Å². The van der Waals surface area contributed by atoms with Gasteiger partial charge in [0.2, 0.25) is 0 Å². The largest absolute Gasteiger partial charge is 0.496 e. The Morgan fingerprint density at radius 3 is 2.24 bits per heavy atom. The number of hydrogen-bond donors (Lipinski definition) is 1. The second kappa shape index (κ2) is 13.0. The SMILES string of the molecule is CCC(Cc1cc(OC)c(CCCCC(F)(F)F)cc1OC)NC(=O)OCc1ccccc1. The zero-order chi connectivity index (χ0) is 24.3. The fourth-order valence-electron chi connectivity index (χ4n) is 3.51. The van der Waals surface area contributed by atoms with Crippen LogP contribution in [0, 0.1) is 0 Å². The highest BCUT2D eigenvalue weighted by Gasteiger charge is 2.26. The first kappa shape index (κ1) is 26.4. The van der Waals surface area contributed by atoms with Crippen molar-refractivity contribution >= 4 is 6.09 Å². The highest BCUT2D eigenvalue weighted by molar-refractivity contribution is 5.67. The molecule has 2 aromatic carbocycles. The van der Waals surface area contributed by atoms with E-state index in [4.69, 9.17) is 14.2 Å². The van der Waals surface area contributed by atoms with E-state index in [2.05, 4.69) is 5.32 Å². The van der Waals surface area contributed by atoms with Gasteiger partial charge in [-0.1, -0.05) is 37.3 Å². The fourth-order valence-corrected chi connectivity index (χ4v) is 3.51. The molecule has 0 aliphatic heterocycles. The van der Waals surface area contributed by atoms with Gasteiger partial charge in [-0.3, -0.25) is 0 Å². The molecule has 0 radical (unpaired) electrons. The van der Waals surface area contributed by atoms with E-state index >= 15 is 0 Å². The van der Waals surface area contributed by atoms with E-state index in [9.17, 15) is 18.0 Å². The van der Waals surface area contributed by atoms with Crippen LogP contribution in [0.5, 0.6) is 11.5 Å². The van der Waals surface area contributed by atoms with E-state index in [1.165, 1.54) is 7.11 Å². The summed E-state index contributed by atoms with van der Waals surface area (Å²) in [6.45, 7) is 2.14. The maximum absolute atomic E-state index is 12.4. The van der Waals surface area contributed by atoms with Crippen molar-refractivity contribution < 1.29 is 32.2 Å². The molecule has 1 unspecified atom stereocenters. The van der Waals surface area contributed by atoms with Gasteiger partial charge in [-0.2, -0.15) is 13.2 Å². The standard InChI is InChI=1S/C25H32F3NO4/c1-4-21(29-24(30)33-17-18-10-6-5-7-11-18)14-20-16-22(31-2)19(15-23(20)32-3)12-8-9-13-25(26,27)28/h5-7,10-11,15-16,21H,4,8-9,12-14,17H2,1-3H3,(H,29,30). The van der Waals surface area contributed by atoms with Crippen molar-refractivity contribution in [3.05, 3.63) is 59.2 Å².